The van der Waals surface area contributed by atoms with Crippen LogP contribution in [-0.4, -0.2) is 35.7 Å². The molecule has 0 radical (unpaired) electrons. The van der Waals surface area contributed by atoms with Gasteiger partial charge in [0.25, 0.3) is 0 Å². The molecule has 0 spiro atoms. The molecule has 1 rings (SSSR count). The molecule has 1 N–H and O–H groups in total. The van der Waals surface area contributed by atoms with Crippen molar-refractivity contribution in [1.29, 1.82) is 0 Å². The van der Waals surface area contributed by atoms with E-state index in [9.17, 15) is 5.11 Å². The van der Waals surface area contributed by atoms with Crippen molar-refractivity contribution < 1.29 is 5.11 Å². The Kier molecular flexibility index (Phi) is 5.17. The summed E-state index contributed by atoms with van der Waals surface area (Å²) in [5.41, 5.74) is 0.969. The van der Waals surface area contributed by atoms with E-state index in [1.807, 2.05) is 32.3 Å². The molecule has 0 aliphatic rings. The van der Waals surface area contributed by atoms with E-state index < -0.39 is 0 Å². The van der Waals surface area contributed by atoms with Crippen LogP contribution < -0.4 is 0 Å². The second-order valence-electron chi connectivity index (χ2n) is 4.92. The van der Waals surface area contributed by atoms with Gasteiger partial charge in [0.2, 0.25) is 0 Å². The van der Waals surface area contributed by atoms with Crippen LogP contribution >= 0.6 is 15.9 Å². The van der Waals surface area contributed by atoms with Crippen LogP contribution in [0.3, 0.4) is 0 Å². The van der Waals surface area contributed by atoms with E-state index in [-0.39, 0.29) is 11.6 Å². The third kappa shape index (κ3) is 3.30. The number of hydrogen-bond acceptors (Lipinski definition) is 2. The van der Waals surface area contributed by atoms with Gasteiger partial charge in [-0.3, -0.25) is 0 Å². The average molecular weight is 300 g/mol. The molecule has 0 aliphatic heterocycles. The first-order valence-electron chi connectivity index (χ1n) is 6.00. The molecular weight excluding hydrogens is 278 g/mol. The summed E-state index contributed by atoms with van der Waals surface area (Å²) in [5, 5.41) is 10.5. The van der Waals surface area contributed by atoms with Gasteiger partial charge in [-0.05, 0) is 39.1 Å². The highest BCUT2D eigenvalue weighted by Crippen LogP contribution is 2.26. The maximum absolute atomic E-state index is 10.5. The van der Waals surface area contributed by atoms with Crippen LogP contribution in [-0.2, 0) is 6.42 Å². The molecule has 0 bridgehead atoms. The highest BCUT2D eigenvalue weighted by molar-refractivity contribution is 9.10. The van der Waals surface area contributed by atoms with E-state index in [0.29, 0.717) is 6.42 Å². The van der Waals surface area contributed by atoms with E-state index in [1.54, 1.807) is 0 Å². The van der Waals surface area contributed by atoms with Gasteiger partial charge in [-0.25, -0.2) is 0 Å². The van der Waals surface area contributed by atoms with Gasteiger partial charge >= 0.3 is 0 Å². The number of aliphatic hydroxyl groups is 1. The second-order valence-corrected chi connectivity index (χ2v) is 5.77. The maximum atomic E-state index is 10.5. The van der Waals surface area contributed by atoms with E-state index in [0.717, 1.165) is 16.5 Å². The number of hydrogen-bond donors (Lipinski definition) is 1. The van der Waals surface area contributed by atoms with Gasteiger partial charge in [0.15, 0.2) is 0 Å². The molecule has 0 aliphatic carbocycles. The minimum Gasteiger partial charge on any atom is -0.391 e. The Hall–Kier alpha value is -0.380. The van der Waals surface area contributed by atoms with Crippen LogP contribution in [0.5, 0.6) is 0 Å². The molecule has 0 saturated carbocycles. The highest BCUT2D eigenvalue weighted by atomic mass is 79.9. The molecule has 2 unspecified atom stereocenters. The van der Waals surface area contributed by atoms with Crippen LogP contribution in [0, 0.1) is 0 Å². The summed E-state index contributed by atoms with van der Waals surface area (Å²) in [6.45, 7) is 4.22. The van der Waals surface area contributed by atoms with Crippen molar-refractivity contribution in [2.24, 2.45) is 0 Å². The summed E-state index contributed by atoms with van der Waals surface area (Å²) < 4.78 is 1.07. The molecule has 2 atom stereocenters. The lowest BCUT2D eigenvalue weighted by Crippen LogP contribution is -2.51. The third-order valence-electron chi connectivity index (χ3n) is 3.83. The normalized spacial score (nSPS) is 16.9. The molecule has 0 fully saturated rings. The lowest BCUT2D eigenvalue weighted by molar-refractivity contribution is 0.00292. The Morgan fingerprint density at radius 3 is 2.41 bits per heavy atom. The molecule has 0 saturated heterocycles. The van der Waals surface area contributed by atoms with Gasteiger partial charge in [0, 0.05) is 16.4 Å². The largest absolute Gasteiger partial charge is 0.391 e. The predicted molar refractivity (Wildman–Crippen MR) is 76.2 cm³/mol. The Morgan fingerprint density at radius 2 is 1.94 bits per heavy atom. The van der Waals surface area contributed by atoms with Crippen molar-refractivity contribution in [3.63, 3.8) is 0 Å². The highest BCUT2D eigenvalue weighted by Gasteiger charge is 2.33. The first-order valence-corrected chi connectivity index (χ1v) is 6.80. The van der Waals surface area contributed by atoms with Crippen LogP contribution in [0.2, 0.25) is 0 Å². The molecule has 96 valence electrons. The van der Waals surface area contributed by atoms with Gasteiger partial charge in [-0.15, -0.1) is 0 Å². The number of nitrogens with zero attached hydrogens (tertiary/aromatic N) is 1. The van der Waals surface area contributed by atoms with Crippen LogP contribution in [0.15, 0.2) is 28.7 Å². The fraction of sp³-hybridized carbons (Fsp3) is 0.571. The molecule has 0 heterocycles. The number of likely N-dealkylation sites (N-methyl/N-ethyl adjacent to an activating group) is 1. The Morgan fingerprint density at radius 1 is 1.35 bits per heavy atom. The maximum Gasteiger partial charge on any atom is 0.0761 e. The van der Waals surface area contributed by atoms with Gasteiger partial charge in [0.1, 0.15) is 0 Å². The summed E-state index contributed by atoms with van der Waals surface area (Å²) in [7, 11) is 4.04. The minimum absolute atomic E-state index is 0.185. The Bertz CT molecular complexity index is 367. The summed E-state index contributed by atoms with van der Waals surface area (Å²) in [6.07, 6.45) is 1.22. The number of aliphatic hydroxyl groups excluding tert-OH is 1. The van der Waals surface area contributed by atoms with E-state index in [1.165, 1.54) is 0 Å². The van der Waals surface area contributed by atoms with Crippen LogP contribution in [0.25, 0.3) is 0 Å². The van der Waals surface area contributed by atoms with Crippen LogP contribution in [0.4, 0.5) is 0 Å². The topological polar surface area (TPSA) is 23.5 Å². The lowest BCUT2D eigenvalue weighted by atomic mass is 9.86. The average Bonchev–Trinajstić information content (AvgIpc) is 2.30. The standard InChI is InChI=1S/C14H22BrNO/c1-5-14(2,16(3)4)13(17)10-11-8-6-7-9-12(11)15/h6-9,13,17H,5,10H2,1-4H3. The fourth-order valence-electron chi connectivity index (χ4n) is 1.94. The summed E-state index contributed by atoms with van der Waals surface area (Å²) >= 11 is 3.53. The molecule has 1 aromatic rings. The second kappa shape index (κ2) is 5.98. The molecule has 0 amide bonds. The van der Waals surface area contributed by atoms with Gasteiger partial charge in [0.05, 0.1) is 6.10 Å². The van der Waals surface area contributed by atoms with Gasteiger partial charge in [-0.1, -0.05) is 41.1 Å². The summed E-state index contributed by atoms with van der Waals surface area (Å²) in [4.78, 5) is 2.11. The van der Waals surface area contributed by atoms with Crippen molar-refractivity contribution in [1.82, 2.24) is 4.90 Å². The first-order chi connectivity index (χ1) is 7.91. The fourth-order valence-corrected chi connectivity index (χ4v) is 2.39. The van der Waals surface area contributed by atoms with Crippen LogP contribution in [0.1, 0.15) is 25.8 Å². The van der Waals surface area contributed by atoms with Crippen molar-refractivity contribution >= 4 is 15.9 Å². The number of halogens is 1. The quantitative estimate of drug-likeness (QED) is 0.903. The SMILES string of the molecule is CCC(C)(C(O)Cc1ccccc1Br)N(C)C. The third-order valence-corrected chi connectivity index (χ3v) is 4.60. The first kappa shape index (κ1) is 14.7. The van der Waals surface area contributed by atoms with Gasteiger partial charge < -0.3 is 10.0 Å². The molecular formula is C14H22BrNO. The Balaban J connectivity index is 2.85. The van der Waals surface area contributed by atoms with E-state index in [4.69, 9.17) is 0 Å². The number of benzene rings is 1. The zero-order chi connectivity index (χ0) is 13.1. The molecule has 1 aromatic carbocycles. The monoisotopic (exact) mass is 299 g/mol. The van der Waals surface area contributed by atoms with Crippen molar-refractivity contribution in [2.45, 2.75) is 38.3 Å². The Labute approximate surface area is 113 Å². The van der Waals surface area contributed by atoms with Crippen molar-refractivity contribution in [3.8, 4) is 0 Å². The molecule has 0 aromatic heterocycles. The van der Waals surface area contributed by atoms with Gasteiger partial charge in [-0.2, -0.15) is 0 Å². The summed E-state index contributed by atoms with van der Waals surface area (Å²) in [5.74, 6) is 0. The molecule has 2 nitrogen and oxygen atoms in total. The minimum atomic E-state index is -0.374. The lowest BCUT2D eigenvalue weighted by Gasteiger charge is -2.40. The van der Waals surface area contributed by atoms with Crippen molar-refractivity contribution in [2.75, 3.05) is 14.1 Å². The zero-order valence-corrected chi connectivity index (χ0v) is 12.7. The molecule has 3 heteroatoms. The predicted octanol–water partition coefficient (Wildman–Crippen LogP) is 3.08. The number of rotatable bonds is 5. The van der Waals surface area contributed by atoms with Crippen molar-refractivity contribution in [3.05, 3.63) is 34.3 Å². The van der Waals surface area contributed by atoms with E-state index in [2.05, 4.69) is 40.7 Å². The van der Waals surface area contributed by atoms with E-state index >= 15 is 0 Å². The smallest absolute Gasteiger partial charge is 0.0761 e. The summed E-state index contributed by atoms with van der Waals surface area (Å²) in [6, 6.07) is 8.07. The zero-order valence-electron chi connectivity index (χ0n) is 11.1. The molecule has 17 heavy (non-hydrogen) atoms.